The quantitative estimate of drug-likeness (QED) is 0.830. The topological polar surface area (TPSA) is 35.2 Å². The van der Waals surface area contributed by atoms with Crippen LogP contribution >= 0.6 is 0 Å². The fraction of sp³-hybridized carbons (Fsp3) is 0.571. The average Bonchev–Trinajstić information content (AvgIpc) is 2.67. The van der Waals surface area contributed by atoms with Crippen LogP contribution in [0.4, 0.5) is 0 Å². The van der Waals surface area contributed by atoms with E-state index in [1.165, 1.54) is 22.3 Å². The number of aryl methyl sites for hydroxylation is 3. The summed E-state index contributed by atoms with van der Waals surface area (Å²) in [5.41, 5.74) is 11.5. The number of ether oxygens (including phenoxy) is 1. The molecule has 2 heteroatoms. The van der Waals surface area contributed by atoms with Gasteiger partial charge in [0.2, 0.25) is 0 Å². The fourth-order valence-corrected chi connectivity index (χ4v) is 2.79. The highest BCUT2D eigenvalue weighted by atomic mass is 16.5. The molecule has 1 aliphatic rings. The summed E-state index contributed by atoms with van der Waals surface area (Å²) < 4.78 is 5.68. The predicted molar refractivity (Wildman–Crippen MR) is 66.6 cm³/mol. The minimum absolute atomic E-state index is 0.0306. The van der Waals surface area contributed by atoms with Gasteiger partial charge in [-0.1, -0.05) is 17.7 Å². The number of hydrogen-bond acceptors (Lipinski definition) is 2. The van der Waals surface area contributed by atoms with Crippen LogP contribution in [0.5, 0.6) is 0 Å². The molecule has 2 atom stereocenters. The Bertz CT molecular complexity index is 357. The summed E-state index contributed by atoms with van der Waals surface area (Å²) >= 11 is 0. The van der Waals surface area contributed by atoms with Crippen LogP contribution in [0.25, 0.3) is 0 Å². The van der Waals surface area contributed by atoms with Crippen molar-refractivity contribution in [3.8, 4) is 0 Å². The van der Waals surface area contributed by atoms with Gasteiger partial charge in [-0.15, -0.1) is 0 Å². The molecule has 0 saturated carbocycles. The lowest BCUT2D eigenvalue weighted by Gasteiger charge is -2.23. The fourth-order valence-electron chi connectivity index (χ4n) is 2.79. The Morgan fingerprint density at radius 1 is 1.25 bits per heavy atom. The van der Waals surface area contributed by atoms with Crippen molar-refractivity contribution in [1.29, 1.82) is 0 Å². The molecule has 2 unspecified atom stereocenters. The first kappa shape index (κ1) is 11.6. The molecule has 1 saturated heterocycles. The molecule has 0 bridgehead atoms. The number of nitrogens with two attached hydrogens (primary N) is 1. The Morgan fingerprint density at radius 2 is 1.88 bits per heavy atom. The predicted octanol–water partition coefficient (Wildman–Crippen LogP) is 2.79. The first-order valence-corrected chi connectivity index (χ1v) is 6.04. The van der Waals surface area contributed by atoms with E-state index in [-0.39, 0.29) is 12.1 Å². The molecule has 0 radical (unpaired) electrons. The standard InChI is InChI=1S/C14H21NO/c1-9-7-10(2)13(11(3)8-9)14(15)12-5-4-6-16-12/h7-8,12,14H,4-6,15H2,1-3H3. The van der Waals surface area contributed by atoms with E-state index in [2.05, 4.69) is 32.9 Å². The smallest absolute Gasteiger partial charge is 0.0768 e. The normalized spacial score (nSPS) is 22.4. The molecule has 1 heterocycles. The molecule has 2 N–H and O–H groups in total. The molecule has 2 nitrogen and oxygen atoms in total. The van der Waals surface area contributed by atoms with Gasteiger partial charge in [0.25, 0.3) is 0 Å². The third-order valence-electron chi connectivity index (χ3n) is 3.44. The second kappa shape index (κ2) is 4.56. The third-order valence-corrected chi connectivity index (χ3v) is 3.44. The van der Waals surface area contributed by atoms with E-state index in [1.54, 1.807) is 0 Å². The summed E-state index contributed by atoms with van der Waals surface area (Å²) in [6, 6.07) is 4.44. The molecule has 0 aromatic heterocycles. The van der Waals surface area contributed by atoms with Crippen LogP contribution in [-0.4, -0.2) is 12.7 Å². The van der Waals surface area contributed by atoms with E-state index in [9.17, 15) is 0 Å². The summed E-state index contributed by atoms with van der Waals surface area (Å²) in [6.45, 7) is 7.28. The summed E-state index contributed by atoms with van der Waals surface area (Å²) in [5, 5.41) is 0. The zero-order chi connectivity index (χ0) is 11.7. The molecule has 2 rings (SSSR count). The van der Waals surface area contributed by atoms with Crippen molar-refractivity contribution in [2.24, 2.45) is 5.73 Å². The number of hydrogen-bond donors (Lipinski definition) is 1. The van der Waals surface area contributed by atoms with E-state index in [0.717, 1.165) is 19.4 Å². The number of benzene rings is 1. The maximum atomic E-state index is 6.33. The van der Waals surface area contributed by atoms with Crippen molar-refractivity contribution in [3.05, 3.63) is 34.4 Å². The minimum atomic E-state index is 0.0306. The Morgan fingerprint density at radius 3 is 2.38 bits per heavy atom. The average molecular weight is 219 g/mol. The van der Waals surface area contributed by atoms with Crippen LogP contribution in [0.2, 0.25) is 0 Å². The Labute approximate surface area is 97.8 Å². The molecular formula is C14H21NO. The summed E-state index contributed by atoms with van der Waals surface area (Å²) in [5.74, 6) is 0. The van der Waals surface area contributed by atoms with E-state index in [1.807, 2.05) is 0 Å². The number of rotatable bonds is 2. The van der Waals surface area contributed by atoms with Crippen LogP contribution in [0.3, 0.4) is 0 Å². The van der Waals surface area contributed by atoms with Crippen molar-refractivity contribution in [2.45, 2.75) is 45.8 Å². The zero-order valence-electron chi connectivity index (χ0n) is 10.4. The van der Waals surface area contributed by atoms with Crippen LogP contribution < -0.4 is 5.73 Å². The van der Waals surface area contributed by atoms with Gasteiger partial charge in [-0.2, -0.15) is 0 Å². The van der Waals surface area contributed by atoms with Crippen molar-refractivity contribution < 1.29 is 4.74 Å². The zero-order valence-corrected chi connectivity index (χ0v) is 10.4. The highest BCUT2D eigenvalue weighted by Gasteiger charge is 2.26. The highest BCUT2D eigenvalue weighted by Crippen LogP contribution is 2.29. The lowest BCUT2D eigenvalue weighted by molar-refractivity contribution is 0.0897. The maximum absolute atomic E-state index is 6.33. The highest BCUT2D eigenvalue weighted by molar-refractivity contribution is 5.40. The van der Waals surface area contributed by atoms with Gasteiger partial charge in [0.15, 0.2) is 0 Å². The van der Waals surface area contributed by atoms with E-state index in [4.69, 9.17) is 10.5 Å². The maximum Gasteiger partial charge on any atom is 0.0768 e. The largest absolute Gasteiger partial charge is 0.376 e. The van der Waals surface area contributed by atoms with Crippen molar-refractivity contribution in [2.75, 3.05) is 6.61 Å². The van der Waals surface area contributed by atoms with Gasteiger partial charge in [-0.3, -0.25) is 0 Å². The Hall–Kier alpha value is -0.860. The molecule has 1 aromatic rings. The molecule has 88 valence electrons. The van der Waals surface area contributed by atoms with E-state index >= 15 is 0 Å². The lowest BCUT2D eigenvalue weighted by Crippen LogP contribution is -2.27. The van der Waals surface area contributed by atoms with Gasteiger partial charge in [0.05, 0.1) is 12.1 Å². The van der Waals surface area contributed by atoms with Gasteiger partial charge in [0.1, 0.15) is 0 Å². The van der Waals surface area contributed by atoms with Crippen LogP contribution in [-0.2, 0) is 4.74 Å². The first-order chi connectivity index (χ1) is 7.59. The second-order valence-electron chi connectivity index (χ2n) is 4.89. The monoisotopic (exact) mass is 219 g/mol. The molecule has 1 aromatic carbocycles. The van der Waals surface area contributed by atoms with E-state index < -0.39 is 0 Å². The Kier molecular flexibility index (Phi) is 3.31. The van der Waals surface area contributed by atoms with Gasteiger partial charge >= 0.3 is 0 Å². The molecule has 0 spiro atoms. The van der Waals surface area contributed by atoms with Gasteiger partial charge in [-0.25, -0.2) is 0 Å². The van der Waals surface area contributed by atoms with Crippen molar-refractivity contribution >= 4 is 0 Å². The van der Waals surface area contributed by atoms with Crippen LogP contribution in [0.1, 0.15) is 41.1 Å². The van der Waals surface area contributed by atoms with Gasteiger partial charge < -0.3 is 10.5 Å². The SMILES string of the molecule is Cc1cc(C)c(C(N)C2CCCO2)c(C)c1. The lowest BCUT2D eigenvalue weighted by atomic mass is 9.91. The van der Waals surface area contributed by atoms with Crippen molar-refractivity contribution in [1.82, 2.24) is 0 Å². The summed E-state index contributed by atoms with van der Waals surface area (Å²) in [4.78, 5) is 0. The molecule has 0 aliphatic carbocycles. The van der Waals surface area contributed by atoms with Gasteiger partial charge in [-0.05, 0) is 50.3 Å². The van der Waals surface area contributed by atoms with E-state index in [0.29, 0.717) is 0 Å². The molecular weight excluding hydrogens is 198 g/mol. The molecule has 1 fully saturated rings. The summed E-state index contributed by atoms with van der Waals surface area (Å²) in [6.07, 6.45) is 2.44. The third kappa shape index (κ3) is 2.13. The second-order valence-corrected chi connectivity index (χ2v) is 4.89. The van der Waals surface area contributed by atoms with Crippen LogP contribution in [0.15, 0.2) is 12.1 Å². The molecule has 16 heavy (non-hydrogen) atoms. The molecule has 0 amide bonds. The molecule has 1 aliphatic heterocycles. The minimum Gasteiger partial charge on any atom is -0.376 e. The Balaban J connectivity index is 2.31. The van der Waals surface area contributed by atoms with Gasteiger partial charge in [0, 0.05) is 6.61 Å². The first-order valence-electron chi connectivity index (χ1n) is 6.04. The van der Waals surface area contributed by atoms with Crippen molar-refractivity contribution in [3.63, 3.8) is 0 Å². The van der Waals surface area contributed by atoms with Crippen LogP contribution in [0, 0.1) is 20.8 Å². The summed E-state index contributed by atoms with van der Waals surface area (Å²) in [7, 11) is 0.